The molecule has 2 N–H and O–H groups in total. The van der Waals surface area contributed by atoms with Crippen molar-refractivity contribution in [2.45, 2.75) is 24.5 Å². The number of sulfone groups is 1. The fraction of sp³-hybridized carbons (Fsp3) is 0.333. The van der Waals surface area contributed by atoms with Gasteiger partial charge in [-0.3, -0.25) is 4.79 Å². The molecule has 4 aromatic rings. The monoisotopic (exact) mass is 450 g/mol. The van der Waals surface area contributed by atoms with Gasteiger partial charge < -0.3 is 14.9 Å². The third kappa shape index (κ3) is 4.20. The van der Waals surface area contributed by atoms with Gasteiger partial charge in [-0.2, -0.15) is 0 Å². The summed E-state index contributed by atoms with van der Waals surface area (Å²) in [5.41, 5.74) is 4.07. The molecule has 1 saturated heterocycles. The van der Waals surface area contributed by atoms with Gasteiger partial charge in [-0.25, -0.2) is 13.4 Å². The van der Waals surface area contributed by atoms with Crippen molar-refractivity contribution in [1.29, 1.82) is 0 Å². The molecular formula is C24H26N4O3S. The van der Waals surface area contributed by atoms with Crippen LogP contribution in [-0.2, 0) is 16.3 Å². The second kappa shape index (κ2) is 8.18. The van der Waals surface area contributed by atoms with Gasteiger partial charge in [0.1, 0.15) is 15.7 Å². The number of hydrogen-bond acceptors (Lipinski definition) is 5. The Morgan fingerprint density at radius 3 is 2.59 bits per heavy atom. The molecule has 166 valence electrons. The van der Waals surface area contributed by atoms with E-state index in [1.165, 1.54) is 11.8 Å². The molecule has 1 aliphatic heterocycles. The number of aromatic amines is 2. The number of fused-ring (bicyclic) bond motifs is 2. The van der Waals surface area contributed by atoms with Gasteiger partial charge in [0.15, 0.2) is 0 Å². The van der Waals surface area contributed by atoms with E-state index in [9.17, 15) is 13.2 Å². The lowest BCUT2D eigenvalue weighted by Gasteiger charge is -2.30. The Labute approximate surface area is 186 Å². The van der Waals surface area contributed by atoms with E-state index >= 15 is 0 Å². The Balaban J connectivity index is 1.32. The van der Waals surface area contributed by atoms with Gasteiger partial charge in [0, 0.05) is 18.3 Å². The van der Waals surface area contributed by atoms with Gasteiger partial charge in [-0.05, 0) is 67.6 Å². The fourth-order valence-corrected chi connectivity index (χ4v) is 5.57. The van der Waals surface area contributed by atoms with Crippen molar-refractivity contribution in [1.82, 2.24) is 19.9 Å². The first-order chi connectivity index (χ1) is 15.4. The second-order valence-corrected chi connectivity index (χ2v) is 11.0. The number of likely N-dealkylation sites (tertiary alicyclic amines) is 1. The summed E-state index contributed by atoms with van der Waals surface area (Å²) in [4.78, 5) is 25.8. The van der Waals surface area contributed by atoms with Crippen LogP contribution in [0.5, 0.6) is 0 Å². The van der Waals surface area contributed by atoms with E-state index in [1.807, 2.05) is 36.4 Å². The number of H-pyrrole nitrogens is 2. The first-order valence-electron chi connectivity index (χ1n) is 10.9. The van der Waals surface area contributed by atoms with Crippen molar-refractivity contribution >= 4 is 31.8 Å². The quantitative estimate of drug-likeness (QED) is 0.487. The van der Waals surface area contributed by atoms with Crippen LogP contribution in [0.25, 0.3) is 33.3 Å². The third-order valence-corrected chi connectivity index (χ3v) is 8.10. The lowest BCUT2D eigenvalue weighted by molar-refractivity contribution is 0.233. The average Bonchev–Trinajstić information content (AvgIpc) is 3.20. The molecular weight excluding hydrogens is 424 g/mol. The Kier molecular flexibility index (Phi) is 5.35. The number of pyridine rings is 1. The molecule has 0 radical (unpaired) electrons. The zero-order valence-corrected chi connectivity index (χ0v) is 18.8. The number of nitrogens with zero attached hydrogens (tertiary/aromatic N) is 2. The van der Waals surface area contributed by atoms with E-state index in [0.29, 0.717) is 24.2 Å². The highest BCUT2D eigenvalue weighted by Crippen LogP contribution is 2.22. The first kappa shape index (κ1) is 20.9. The molecule has 0 unspecified atom stereocenters. The predicted molar refractivity (Wildman–Crippen MR) is 128 cm³/mol. The summed E-state index contributed by atoms with van der Waals surface area (Å²) < 4.78 is 23.5. The minimum atomic E-state index is -2.94. The van der Waals surface area contributed by atoms with Crippen molar-refractivity contribution < 1.29 is 8.42 Å². The Bertz CT molecular complexity index is 1450. The van der Waals surface area contributed by atoms with Crippen molar-refractivity contribution in [2.24, 2.45) is 0 Å². The lowest BCUT2D eigenvalue weighted by atomic mass is 10.1. The zero-order chi connectivity index (χ0) is 22.3. The van der Waals surface area contributed by atoms with Gasteiger partial charge in [-0.1, -0.05) is 24.3 Å². The average molecular weight is 451 g/mol. The van der Waals surface area contributed by atoms with Crippen LogP contribution >= 0.6 is 0 Å². The first-order valence-corrected chi connectivity index (χ1v) is 12.8. The maximum absolute atomic E-state index is 12.6. The lowest BCUT2D eigenvalue weighted by Crippen LogP contribution is -2.39. The molecule has 1 fully saturated rings. The molecule has 2 aromatic carbocycles. The molecule has 0 amide bonds. The Hall–Kier alpha value is -2.97. The van der Waals surface area contributed by atoms with Gasteiger partial charge in [0.2, 0.25) is 0 Å². The number of aromatic nitrogens is 3. The zero-order valence-electron chi connectivity index (χ0n) is 18.0. The van der Waals surface area contributed by atoms with E-state index in [0.717, 1.165) is 48.0 Å². The van der Waals surface area contributed by atoms with Crippen LogP contribution in [0, 0.1) is 0 Å². The summed E-state index contributed by atoms with van der Waals surface area (Å²) >= 11 is 0. The van der Waals surface area contributed by atoms with Gasteiger partial charge in [0.25, 0.3) is 5.56 Å². The molecule has 3 heterocycles. The van der Waals surface area contributed by atoms with E-state index in [2.05, 4.69) is 32.0 Å². The number of hydrogen-bond donors (Lipinski definition) is 2. The van der Waals surface area contributed by atoms with Gasteiger partial charge >= 0.3 is 0 Å². The Morgan fingerprint density at radius 2 is 1.81 bits per heavy atom. The van der Waals surface area contributed by atoms with E-state index in [1.54, 1.807) is 0 Å². The number of rotatable bonds is 5. The molecule has 1 aliphatic rings. The van der Waals surface area contributed by atoms with Crippen LogP contribution in [0.2, 0.25) is 0 Å². The topological polar surface area (TPSA) is 98.9 Å². The summed E-state index contributed by atoms with van der Waals surface area (Å²) in [6, 6.07) is 15.7. The highest BCUT2D eigenvalue weighted by molar-refractivity contribution is 7.91. The highest BCUT2D eigenvalue weighted by Gasteiger charge is 2.26. The normalized spacial score (nSPS) is 16.2. The van der Waals surface area contributed by atoms with Gasteiger partial charge in [0.05, 0.1) is 21.8 Å². The number of piperidine rings is 1. The summed E-state index contributed by atoms with van der Waals surface area (Å²) in [6.07, 6.45) is 3.63. The summed E-state index contributed by atoms with van der Waals surface area (Å²) in [7, 11) is -2.94. The minimum absolute atomic E-state index is 0.166. The molecule has 32 heavy (non-hydrogen) atoms. The smallest absolute Gasteiger partial charge is 0.259 e. The highest BCUT2D eigenvalue weighted by atomic mass is 32.2. The maximum atomic E-state index is 12.6. The largest absolute Gasteiger partial charge is 0.338 e. The Morgan fingerprint density at radius 1 is 1.03 bits per heavy atom. The third-order valence-electron chi connectivity index (χ3n) is 6.41. The van der Waals surface area contributed by atoms with Crippen molar-refractivity contribution in [3.63, 3.8) is 0 Å². The van der Waals surface area contributed by atoms with E-state index in [-0.39, 0.29) is 10.8 Å². The molecule has 0 spiro atoms. The van der Waals surface area contributed by atoms with Crippen LogP contribution in [0.1, 0.15) is 18.4 Å². The minimum Gasteiger partial charge on any atom is -0.338 e. The van der Waals surface area contributed by atoms with Crippen LogP contribution in [0.4, 0.5) is 0 Å². The van der Waals surface area contributed by atoms with Crippen LogP contribution in [-0.4, -0.2) is 59.4 Å². The van der Waals surface area contributed by atoms with Crippen molar-refractivity contribution in [3.05, 3.63) is 64.4 Å². The van der Waals surface area contributed by atoms with Crippen LogP contribution < -0.4 is 5.56 Å². The van der Waals surface area contributed by atoms with E-state index in [4.69, 9.17) is 0 Å². The molecule has 0 saturated carbocycles. The van der Waals surface area contributed by atoms with Crippen LogP contribution in [0.15, 0.2) is 53.3 Å². The molecule has 7 nitrogen and oxygen atoms in total. The number of nitrogens with one attached hydrogen (secondary N) is 2. The summed E-state index contributed by atoms with van der Waals surface area (Å²) in [5.74, 6) is 0.562. The molecule has 0 bridgehead atoms. The molecule has 5 rings (SSSR count). The fourth-order valence-electron chi connectivity index (χ4n) is 4.51. The standard InChI is InChI=1S/C24H26N4O3S/c1-32(30,31)18-9-12-28(13-10-18)11-8-16-6-7-21-22(14-16)26-23(25-21)19-15-17-4-2-3-5-20(17)27-24(19)29/h2-7,14-15,18H,8-13H2,1H3,(H,25,26)(H,27,29). The predicted octanol–water partition coefficient (Wildman–Crippen LogP) is 3.12. The summed E-state index contributed by atoms with van der Waals surface area (Å²) in [5, 5.41) is 0.763. The maximum Gasteiger partial charge on any atom is 0.259 e. The van der Waals surface area contributed by atoms with E-state index < -0.39 is 9.84 Å². The molecule has 0 aliphatic carbocycles. The van der Waals surface area contributed by atoms with Crippen molar-refractivity contribution in [2.75, 3.05) is 25.9 Å². The van der Waals surface area contributed by atoms with Crippen molar-refractivity contribution in [3.8, 4) is 11.4 Å². The SMILES string of the molecule is CS(=O)(=O)C1CCN(CCc2ccc3[nH]c(-c4cc5ccccc5[nH]c4=O)nc3c2)CC1. The number of imidazole rings is 1. The number of benzene rings is 2. The van der Waals surface area contributed by atoms with Gasteiger partial charge in [-0.15, -0.1) is 0 Å². The molecule has 2 aromatic heterocycles. The summed E-state index contributed by atoms with van der Waals surface area (Å²) in [6.45, 7) is 2.53. The molecule has 8 heteroatoms. The second-order valence-electron chi connectivity index (χ2n) is 8.66. The number of para-hydroxylation sites is 1. The van der Waals surface area contributed by atoms with Crippen LogP contribution in [0.3, 0.4) is 0 Å². The molecule has 0 atom stereocenters.